The molecule has 9 nitrogen and oxygen atoms in total. The van der Waals surface area contributed by atoms with Gasteiger partial charge >= 0.3 is 19.2 Å². The summed E-state index contributed by atoms with van der Waals surface area (Å²) in [6, 6.07) is 2.48. The Labute approximate surface area is 237 Å². The van der Waals surface area contributed by atoms with Gasteiger partial charge in [0.25, 0.3) is 5.91 Å². The number of alkyl halides is 2. The van der Waals surface area contributed by atoms with Crippen molar-refractivity contribution in [3.05, 3.63) is 39.9 Å². The van der Waals surface area contributed by atoms with Gasteiger partial charge < -0.3 is 24.6 Å². The fourth-order valence-electron chi connectivity index (χ4n) is 4.79. The molecule has 1 atom stereocenters. The van der Waals surface area contributed by atoms with E-state index in [-0.39, 0.29) is 23.2 Å². The molecule has 228 valence electrons. The topological polar surface area (TPSA) is 127 Å². The number of anilines is 1. The fraction of sp³-hybridized carbons (Fsp3) is 0.607. The number of rotatable bonds is 10. The van der Waals surface area contributed by atoms with Crippen molar-refractivity contribution >= 4 is 36.1 Å². The molecule has 1 saturated carbocycles. The second-order valence-electron chi connectivity index (χ2n) is 11.6. The summed E-state index contributed by atoms with van der Waals surface area (Å²) in [4.78, 5) is 48.0. The van der Waals surface area contributed by atoms with Crippen LogP contribution < -0.4 is 16.1 Å². The van der Waals surface area contributed by atoms with E-state index in [0.717, 1.165) is 38.2 Å². The summed E-state index contributed by atoms with van der Waals surface area (Å²) < 4.78 is 62.6. The first-order valence-corrected chi connectivity index (χ1v) is 15.5. The molecule has 1 aliphatic carbocycles. The molecule has 1 heterocycles. The number of carbonyl (C=O) groups is 2. The predicted octanol–water partition coefficient (Wildman–Crippen LogP) is 6.34. The average molecular weight is 602 g/mol. The standard InChI is InChI=1S/C28H39F3N3O6P/c1-6-18(7-2)34-15-20(25(36)32-16-28(30,31)41(38,39)40-26(37)27(3,4)5)24(35)19-13-21(29)22(14-23(19)34)33-17-11-9-8-10-12-17/h13-15,17-18,33H,6-12,16H2,1-5H3,(H,32,36)(H,38,39). The first-order chi connectivity index (χ1) is 19.0. The number of aromatic nitrogens is 1. The highest BCUT2D eigenvalue weighted by atomic mass is 31.2. The van der Waals surface area contributed by atoms with Crippen molar-refractivity contribution in [1.29, 1.82) is 0 Å². The number of amides is 1. The van der Waals surface area contributed by atoms with E-state index in [1.165, 1.54) is 27.0 Å². The fourth-order valence-corrected chi connectivity index (χ4v) is 5.70. The Morgan fingerprint density at radius 2 is 1.76 bits per heavy atom. The molecule has 3 rings (SSSR count). The highest BCUT2D eigenvalue weighted by Gasteiger charge is 2.54. The van der Waals surface area contributed by atoms with Gasteiger partial charge in [-0.25, -0.2) is 8.96 Å². The SMILES string of the molecule is CCC(CC)n1cc(C(=O)NCC(F)(F)P(=O)(O)OC(=O)C(C)(C)C)c(=O)c2cc(F)c(NC3CCCCC3)cc21. The third kappa shape index (κ3) is 7.33. The zero-order valence-corrected chi connectivity index (χ0v) is 25.0. The van der Waals surface area contributed by atoms with Crippen LogP contribution in [0.3, 0.4) is 0 Å². The monoisotopic (exact) mass is 601 g/mol. The van der Waals surface area contributed by atoms with Gasteiger partial charge in [0.2, 0.25) is 5.43 Å². The van der Waals surface area contributed by atoms with E-state index < -0.39 is 53.9 Å². The second-order valence-corrected chi connectivity index (χ2v) is 13.5. The van der Waals surface area contributed by atoms with Crippen molar-refractivity contribution in [2.45, 2.75) is 97.3 Å². The molecule has 1 aromatic heterocycles. The van der Waals surface area contributed by atoms with Crippen molar-refractivity contribution in [2.24, 2.45) is 5.41 Å². The van der Waals surface area contributed by atoms with Crippen LogP contribution in [-0.4, -0.2) is 39.6 Å². The molecule has 2 aromatic rings. The Kier molecular flexibility index (Phi) is 10.0. The quantitative estimate of drug-likeness (QED) is 0.271. The first-order valence-electron chi connectivity index (χ1n) is 13.9. The molecular weight excluding hydrogens is 562 g/mol. The molecule has 13 heteroatoms. The minimum atomic E-state index is -5.85. The number of hydrogen-bond acceptors (Lipinski definition) is 6. The summed E-state index contributed by atoms with van der Waals surface area (Å²) in [6.45, 7) is 6.08. The number of carbonyl (C=O) groups excluding carboxylic acids is 2. The van der Waals surface area contributed by atoms with E-state index in [1.807, 2.05) is 19.2 Å². The van der Waals surface area contributed by atoms with Crippen LogP contribution in [0.25, 0.3) is 10.9 Å². The predicted molar refractivity (Wildman–Crippen MR) is 151 cm³/mol. The summed E-state index contributed by atoms with van der Waals surface area (Å²) >= 11 is 0. The van der Waals surface area contributed by atoms with Crippen LogP contribution in [0.15, 0.2) is 23.1 Å². The summed E-state index contributed by atoms with van der Waals surface area (Å²) in [6.07, 6.45) is 7.44. The Morgan fingerprint density at radius 1 is 1.15 bits per heavy atom. The van der Waals surface area contributed by atoms with Crippen LogP contribution in [0.1, 0.15) is 96.0 Å². The van der Waals surface area contributed by atoms with Gasteiger partial charge in [-0.05, 0) is 58.6 Å². The molecule has 0 saturated heterocycles. The Morgan fingerprint density at radius 3 is 2.32 bits per heavy atom. The number of pyridine rings is 1. The van der Waals surface area contributed by atoms with Gasteiger partial charge in [0.05, 0.1) is 23.2 Å². The molecule has 1 unspecified atom stereocenters. The van der Waals surface area contributed by atoms with E-state index in [1.54, 1.807) is 10.6 Å². The maximum Gasteiger partial charge on any atom is 0.449 e. The van der Waals surface area contributed by atoms with Crippen molar-refractivity contribution in [1.82, 2.24) is 9.88 Å². The molecule has 41 heavy (non-hydrogen) atoms. The van der Waals surface area contributed by atoms with Crippen LogP contribution in [-0.2, 0) is 13.9 Å². The molecule has 1 amide bonds. The molecule has 0 bridgehead atoms. The molecule has 1 fully saturated rings. The summed E-state index contributed by atoms with van der Waals surface area (Å²) in [5.74, 6) is -3.25. The zero-order chi connectivity index (χ0) is 30.8. The molecule has 0 spiro atoms. The average Bonchev–Trinajstić information content (AvgIpc) is 2.89. The normalized spacial score (nSPS) is 16.4. The van der Waals surface area contributed by atoms with Gasteiger partial charge in [-0.2, -0.15) is 8.78 Å². The minimum absolute atomic E-state index is 0.0981. The van der Waals surface area contributed by atoms with Gasteiger partial charge in [-0.3, -0.25) is 14.4 Å². The van der Waals surface area contributed by atoms with Crippen LogP contribution in [0.4, 0.5) is 18.9 Å². The lowest BCUT2D eigenvalue weighted by Crippen LogP contribution is -2.39. The Balaban J connectivity index is 1.97. The van der Waals surface area contributed by atoms with Crippen LogP contribution >= 0.6 is 7.60 Å². The summed E-state index contributed by atoms with van der Waals surface area (Å²) in [7, 11) is -5.85. The van der Waals surface area contributed by atoms with Gasteiger partial charge in [-0.15, -0.1) is 0 Å². The minimum Gasteiger partial charge on any atom is -0.387 e. The summed E-state index contributed by atoms with van der Waals surface area (Å²) in [5.41, 5.74) is -6.65. The van der Waals surface area contributed by atoms with Gasteiger partial charge in [0.1, 0.15) is 11.4 Å². The zero-order valence-electron chi connectivity index (χ0n) is 24.1. The van der Waals surface area contributed by atoms with Gasteiger partial charge in [0, 0.05) is 23.7 Å². The number of fused-ring (bicyclic) bond motifs is 1. The van der Waals surface area contributed by atoms with E-state index in [0.29, 0.717) is 18.4 Å². The van der Waals surface area contributed by atoms with Crippen molar-refractivity contribution in [2.75, 3.05) is 11.9 Å². The van der Waals surface area contributed by atoms with Crippen molar-refractivity contribution in [3.8, 4) is 0 Å². The van der Waals surface area contributed by atoms with E-state index >= 15 is 4.39 Å². The number of benzene rings is 1. The Bertz CT molecular complexity index is 1400. The van der Waals surface area contributed by atoms with Crippen LogP contribution in [0, 0.1) is 11.2 Å². The molecule has 1 aromatic carbocycles. The highest BCUT2D eigenvalue weighted by Crippen LogP contribution is 2.58. The lowest BCUT2D eigenvalue weighted by molar-refractivity contribution is -0.144. The van der Waals surface area contributed by atoms with Gasteiger partial charge in [0.15, 0.2) is 0 Å². The van der Waals surface area contributed by atoms with Gasteiger partial charge in [-0.1, -0.05) is 33.1 Å². The maximum absolute atomic E-state index is 15.2. The van der Waals surface area contributed by atoms with E-state index in [2.05, 4.69) is 9.84 Å². The molecular formula is C28H39F3N3O6P. The molecule has 0 radical (unpaired) electrons. The first kappa shape index (κ1) is 32.7. The third-order valence-electron chi connectivity index (χ3n) is 7.36. The lowest BCUT2D eigenvalue weighted by atomic mass is 9.95. The number of nitrogens with zero attached hydrogens (tertiary/aromatic N) is 1. The van der Waals surface area contributed by atoms with Crippen LogP contribution in [0.5, 0.6) is 0 Å². The molecule has 0 aliphatic heterocycles. The third-order valence-corrected chi connectivity index (χ3v) is 8.76. The van der Waals surface area contributed by atoms with E-state index in [4.69, 9.17) is 0 Å². The maximum atomic E-state index is 15.2. The Hall–Kier alpha value is -2.85. The smallest absolute Gasteiger partial charge is 0.387 e. The summed E-state index contributed by atoms with van der Waals surface area (Å²) in [5, 5.41) is 4.95. The number of nitrogens with one attached hydrogen (secondary N) is 2. The van der Waals surface area contributed by atoms with Crippen LogP contribution in [0.2, 0.25) is 0 Å². The van der Waals surface area contributed by atoms with Crippen molar-refractivity contribution in [3.63, 3.8) is 0 Å². The highest BCUT2D eigenvalue weighted by molar-refractivity contribution is 7.54. The lowest BCUT2D eigenvalue weighted by Gasteiger charge is -2.26. The number of halogens is 3. The van der Waals surface area contributed by atoms with E-state index in [9.17, 15) is 32.6 Å². The number of hydrogen-bond donors (Lipinski definition) is 3. The second kappa shape index (κ2) is 12.6. The molecule has 1 aliphatic rings. The van der Waals surface area contributed by atoms with Crippen molar-refractivity contribution < 1.29 is 36.7 Å². The largest absolute Gasteiger partial charge is 0.449 e. The molecule has 3 N–H and O–H groups in total.